The molecule has 1 saturated heterocycles. The van der Waals surface area contributed by atoms with E-state index in [1.54, 1.807) is 19.4 Å². The highest BCUT2D eigenvalue weighted by atomic mass is 19.1. The minimum Gasteiger partial charge on any atom is -0.497 e. The zero-order valence-corrected chi connectivity index (χ0v) is 28.4. The normalized spacial score (nSPS) is 20.5. The van der Waals surface area contributed by atoms with Crippen molar-refractivity contribution in [3.63, 3.8) is 0 Å². The molecule has 1 aliphatic heterocycles. The van der Waals surface area contributed by atoms with Crippen LogP contribution in [0.25, 0.3) is 5.65 Å². The van der Waals surface area contributed by atoms with Gasteiger partial charge in [-0.1, -0.05) is 32.9 Å². The number of piperidine rings is 1. The summed E-state index contributed by atoms with van der Waals surface area (Å²) in [5, 5.41) is 20.4. The first-order chi connectivity index (χ1) is 23.4. The lowest BCUT2D eigenvalue weighted by Gasteiger charge is -2.43. The lowest BCUT2D eigenvalue weighted by Crippen LogP contribution is -2.49. The summed E-state index contributed by atoms with van der Waals surface area (Å²) in [6.07, 6.45) is 2.11. The Labute approximate surface area is 284 Å². The first kappa shape index (κ1) is 33.7. The van der Waals surface area contributed by atoms with Crippen LogP contribution in [0.5, 0.6) is 11.6 Å². The van der Waals surface area contributed by atoms with Gasteiger partial charge in [0, 0.05) is 45.4 Å². The number of hydrogen-bond acceptors (Lipinski definition) is 9. The van der Waals surface area contributed by atoms with Crippen molar-refractivity contribution in [2.24, 2.45) is 17.3 Å². The van der Waals surface area contributed by atoms with Gasteiger partial charge < -0.3 is 35.0 Å². The van der Waals surface area contributed by atoms with Crippen LogP contribution in [0.2, 0.25) is 0 Å². The number of carbonyl (C=O) groups excluding carboxylic acids is 1. The second kappa shape index (κ2) is 13.8. The molecule has 0 radical (unpaired) electrons. The molecule has 3 N–H and O–H groups in total. The maximum Gasteiger partial charge on any atom is 0.407 e. The molecule has 0 bridgehead atoms. The highest BCUT2D eigenvalue weighted by Gasteiger charge is 2.40. The number of carbonyl (C=O) groups is 2. The molecule has 1 saturated carbocycles. The maximum absolute atomic E-state index is 13.6. The molecular formula is C35H43FN8O5. The quantitative estimate of drug-likeness (QED) is 0.189. The van der Waals surface area contributed by atoms with Crippen molar-refractivity contribution in [3.8, 4) is 11.6 Å². The highest BCUT2D eigenvalue weighted by molar-refractivity contribution is 5.94. The number of aromatic nitrogens is 4. The summed E-state index contributed by atoms with van der Waals surface area (Å²) >= 11 is 0. The third-order valence-corrected chi connectivity index (χ3v) is 9.31. The first-order valence-electron chi connectivity index (χ1n) is 16.4. The first-order valence-corrected chi connectivity index (χ1v) is 16.4. The Hall–Kier alpha value is -5.14. The van der Waals surface area contributed by atoms with Gasteiger partial charge in [0.1, 0.15) is 17.6 Å². The number of amides is 2. The summed E-state index contributed by atoms with van der Waals surface area (Å²) in [6.45, 7) is 8.17. The van der Waals surface area contributed by atoms with Gasteiger partial charge in [-0.25, -0.2) is 23.7 Å². The van der Waals surface area contributed by atoms with E-state index >= 15 is 0 Å². The summed E-state index contributed by atoms with van der Waals surface area (Å²) < 4.78 is 26.8. The van der Waals surface area contributed by atoms with Crippen LogP contribution in [0.4, 0.5) is 26.4 Å². The van der Waals surface area contributed by atoms with Gasteiger partial charge in [-0.3, -0.25) is 4.79 Å². The predicted octanol–water partition coefficient (Wildman–Crippen LogP) is 5.39. The van der Waals surface area contributed by atoms with E-state index in [0.717, 1.165) is 11.3 Å². The Morgan fingerprint density at radius 2 is 1.92 bits per heavy atom. The van der Waals surface area contributed by atoms with Gasteiger partial charge in [0.05, 0.1) is 31.6 Å². The number of hydrogen-bond donors (Lipinski definition) is 3. The number of pyridine rings is 1. The number of imidazole rings is 1. The second-order valence-corrected chi connectivity index (χ2v) is 13.9. The fourth-order valence-electron chi connectivity index (χ4n) is 6.37. The van der Waals surface area contributed by atoms with E-state index in [1.165, 1.54) is 15.6 Å². The highest BCUT2D eigenvalue weighted by Crippen LogP contribution is 2.38. The van der Waals surface area contributed by atoms with Crippen LogP contribution < -0.4 is 25.0 Å². The van der Waals surface area contributed by atoms with Crippen LogP contribution in [0, 0.1) is 17.3 Å². The van der Waals surface area contributed by atoms with Crippen molar-refractivity contribution in [2.45, 2.75) is 52.4 Å². The summed E-state index contributed by atoms with van der Waals surface area (Å²) in [6, 6.07) is 12.7. The van der Waals surface area contributed by atoms with Crippen LogP contribution in [0.3, 0.4) is 0 Å². The third kappa shape index (κ3) is 7.63. The van der Waals surface area contributed by atoms with Gasteiger partial charge in [-0.05, 0) is 53.5 Å². The molecule has 4 atom stereocenters. The number of nitrogens with one attached hydrogen (secondary N) is 2. The molecule has 6 rings (SSSR count). The van der Waals surface area contributed by atoms with E-state index in [0.29, 0.717) is 61.4 Å². The molecule has 2 aliphatic rings. The van der Waals surface area contributed by atoms with Crippen LogP contribution in [0.15, 0.2) is 54.9 Å². The Morgan fingerprint density at radius 3 is 2.59 bits per heavy atom. The van der Waals surface area contributed by atoms with Crippen LogP contribution in [-0.4, -0.2) is 87.7 Å². The molecule has 3 aromatic heterocycles. The number of methoxy groups -OCH3 is 1. The zero-order chi connectivity index (χ0) is 34.9. The van der Waals surface area contributed by atoms with Gasteiger partial charge in [0.15, 0.2) is 17.2 Å². The molecule has 14 heteroatoms. The summed E-state index contributed by atoms with van der Waals surface area (Å²) in [4.78, 5) is 37.4. The minimum absolute atomic E-state index is 0.0967. The summed E-state index contributed by atoms with van der Waals surface area (Å²) in [7, 11) is 3.55. The fourth-order valence-corrected chi connectivity index (χ4v) is 6.37. The Bertz CT molecular complexity index is 1810. The fraction of sp³-hybridized carbons (Fsp3) is 0.457. The van der Waals surface area contributed by atoms with Crippen LogP contribution >= 0.6 is 0 Å². The largest absolute Gasteiger partial charge is 0.497 e. The zero-order valence-electron chi connectivity index (χ0n) is 28.4. The predicted molar refractivity (Wildman–Crippen MR) is 183 cm³/mol. The Balaban J connectivity index is 1.28. The Morgan fingerprint density at radius 1 is 1.16 bits per heavy atom. The number of benzene rings is 1. The average molecular weight is 675 g/mol. The smallest absolute Gasteiger partial charge is 0.407 e. The van der Waals surface area contributed by atoms with Crippen molar-refractivity contribution in [1.29, 1.82) is 0 Å². The molecule has 1 aromatic carbocycles. The molecule has 3 unspecified atom stereocenters. The van der Waals surface area contributed by atoms with Crippen LogP contribution in [-0.2, 0) is 6.54 Å². The molecule has 1 aliphatic carbocycles. The lowest BCUT2D eigenvalue weighted by atomic mass is 9.70. The van der Waals surface area contributed by atoms with Crippen molar-refractivity contribution in [3.05, 3.63) is 66.1 Å². The number of carboxylic acid groups (broad SMARTS) is 1. The van der Waals surface area contributed by atoms with Gasteiger partial charge in [-0.15, -0.1) is 5.10 Å². The van der Waals surface area contributed by atoms with Gasteiger partial charge >= 0.3 is 6.09 Å². The van der Waals surface area contributed by atoms with Gasteiger partial charge in [0.2, 0.25) is 5.88 Å². The molecule has 4 aromatic rings. The number of alkyl halides is 1. The van der Waals surface area contributed by atoms with Crippen molar-refractivity contribution >= 4 is 34.8 Å². The second-order valence-electron chi connectivity index (χ2n) is 13.9. The topological polar surface area (TPSA) is 146 Å². The Kier molecular flexibility index (Phi) is 9.48. The van der Waals surface area contributed by atoms with Crippen molar-refractivity contribution in [1.82, 2.24) is 29.8 Å². The molecule has 0 spiro atoms. The number of likely N-dealkylation sites (tertiary alicyclic amines) is 1. The van der Waals surface area contributed by atoms with Crippen LogP contribution in [0.1, 0.15) is 49.7 Å². The van der Waals surface area contributed by atoms with E-state index in [9.17, 15) is 19.1 Å². The summed E-state index contributed by atoms with van der Waals surface area (Å²) in [5.74, 6) is 1.30. The SMILES string of the molecule is COc1ccc(CN(C)c2cc(Nc3cccnc3OCC3CCN(C(=O)O)CC3C(C)(C)C)nn3c(C(=O)NC4C[C@@H]4F)cnc23)cc1. The summed E-state index contributed by atoms with van der Waals surface area (Å²) in [5.41, 5.74) is 2.82. The van der Waals surface area contributed by atoms with E-state index in [1.807, 2.05) is 48.3 Å². The third-order valence-electron chi connectivity index (χ3n) is 9.31. The van der Waals surface area contributed by atoms with Crippen molar-refractivity contribution < 1.29 is 28.6 Å². The molecular weight excluding hydrogens is 631 g/mol. The molecule has 49 heavy (non-hydrogen) atoms. The maximum atomic E-state index is 13.6. The number of nitrogens with zero attached hydrogens (tertiary/aromatic N) is 6. The molecule has 2 amide bonds. The molecule has 2 fully saturated rings. The van der Waals surface area contributed by atoms with Gasteiger partial charge in [-0.2, -0.15) is 0 Å². The number of rotatable bonds is 11. The van der Waals surface area contributed by atoms with E-state index in [-0.39, 0.29) is 29.4 Å². The number of fused-ring (bicyclic) bond motifs is 1. The van der Waals surface area contributed by atoms with E-state index in [4.69, 9.17) is 14.6 Å². The van der Waals surface area contributed by atoms with E-state index in [2.05, 4.69) is 41.4 Å². The van der Waals surface area contributed by atoms with E-state index < -0.39 is 24.2 Å². The standard InChI is InChI=1S/C35H43FN8O5/c1-35(2,3)24-19-43(34(46)47)14-12-22(24)20-49-33-26(7-6-13-37-33)39-30-16-28(42(4)18-21-8-10-23(48-5)11-9-21)31-38-17-29(44(31)41-30)32(45)40-27-15-25(27)36/h6-11,13,16-17,22,24-25,27H,12,14-15,18-20H2,1-5H3,(H,39,41)(H,40,45)(H,46,47)/t22?,24?,25-,27?/m0/s1. The molecule has 4 heterocycles. The monoisotopic (exact) mass is 674 g/mol. The van der Waals surface area contributed by atoms with Crippen molar-refractivity contribution in [2.75, 3.05) is 44.1 Å². The number of halogens is 1. The number of anilines is 3. The molecule has 260 valence electrons. The molecule has 13 nitrogen and oxygen atoms in total. The number of ether oxygens (including phenoxy) is 2. The van der Waals surface area contributed by atoms with Gasteiger partial charge in [0.25, 0.3) is 5.91 Å². The lowest BCUT2D eigenvalue weighted by molar-refractivity contribution is 0.0251. The average Bonchev–Trinajstić information content (AvgIpc) is 3.59. The minimum atomic E-state index is -1.05.